The van der Waals surface area contributed by atoms with Gasteiger partial charge in [-0.05, 0) is 72.3 Å². The molecule has 0 spiro atoms. The number of halogens is 1. The van der Waals surface area contributed by atoms with Crippen LogP contribution >= 0.6 is 15.9 Å². The minimum Gasteiger partial charge on any atom is -0.507 e. The highest BCUT2D eigenvalue weighted by Crippen LogP contribution is 2.66. The van der Waals surface area contributed by atoms with E-state index in [9.17, 15) is 5.11 Å². The average molecular weight is 467 g/mol. The molecule has 5 rings (SSSR count). The molecule has 1 N–H and O–H groups in total. The van der Waals surface area contributed by atoms with Crippen molar-refractivity contribution in [1.82, 2.24) is 0 Å². The smallest absolute Gasteiger partial charge is 0.123 e. The zero-order chi connectivity index (χ0) is 21.1. The van der Waals surface area contributed by atoms with Gasteiger partial charge in [-0.1, -0.05) is 85.6 Å². The molecule has 160 valence electrons. The van der Waals surface area contributed by atoms with Gasteiger partial charge in [-0.3, -0.25) is 0 Å². The largest absolute Gasteiger partial charge is 0.507 e. The Labute approximate surface area is 190 Å². The van der Waals surface area contributed by atoms with Crippen LogP contribution in [0.5, 0.6) is 5.75 Å². The second-order valence-electron chi connectivity index (χ2n) is 11.5. The van der Waals surface area contributed by atoms with Crippen molar-refractivity contribution in [2.75, 3.05) is 0 Å². The predicted octanol–water partition coefficient (Wildman–Crippen LogP) is 7.76. The van der Waals surface area contributed by atoms with E-state index < -0.39 is 0 Å². The summed E-state index contributed by atoms with van der Waals surface area (Å²) in [6.45, 7) is 6.87. The molecule has 2 aromatic carbocycles. The molecule has 0 radical (unpaired) electrons. The Morgan fingerprint density at radius 2 is 1.80 bits per heavy atom. The van der Waals surface area contributed by atoms with Crippen molar-refractivity contribution in [2.45, 2.75) is 87.3 Å². The van der Waals surface area contributed by atoms with Crippen LogP contribution in [0, 0.1) is 11.8 Å². The summed E-state index contributed by atoms with van der Waals surface area (Å²) in [5.41, 5.74) is 5.68. The summed E-state index contributed by atoms with van der Waals surface area (Å²) in [7, 11) is 0. The van der Waals surface area contributed by atoms with Crippen LogP contribution in [0.2, 0.25) is 0 Å². The Hall–Kier alpha value is -1.28. The van der Waals surface area contributed by atoms with Crippen LogP contribution < -0.4 is 0 Å². The van der Waals surface area contributed by atoms with E-state index >= 15 is 0 Å². The Kier molecular flexibility index (Phi) is 4.89. The molecular formula is C28H35BrO. The maximum absolute atomic E-state index is 11.4. The zero-order valence-corrected chi connectivity index (χ0v) is 20.3. The third-order valence-corrected chi connectivity index (χ3v) is 9.39. The quantitative estimate of drug-likeness (QED) is 0.457. The summed E-state index contributed by atoms with van der Waals surface area (Å²) in [5.74, 6) is 2.13. The van der Waals surface area contributed by atoms with E-state index in [0.717, 1.165) is 17.4 Å². The van der Waals surface area contributed by atoms with Crippen molar-refractivity contribution in [2.24, 2.45) is 11.8 Å². The van der Waals surface area contributed by atoms with Crippen molar-refractivity contribution in [1.29, 1.82) is 0 Å². The molecule has 3 bridgehead atoms. The van der Waals surface area contributed by atoms with Gasteiger partial charge < -0.3 is 5.11 Å². The van der Waals surface area contributed by atoms with Crippen molar-refractivity contribution < 1.29 is 5.11 Å². The fraction of sp³-hybridized carbons (Fsp3) is 0.571. The molecule has 1 nitrogen and oxygen atoms in total. The van der Waals surface area contributed by atoms with Gasteiger partial charge in [-0.15, -0.1) is 0 Å². The first kappa shape index (κ1) is 20.6. The molecule has 0 amide bonds. The molecular weight excluding hydrogens is 432 g/mol. The number of rotatable bonds is 3. The lowest BCUT2D eigenvalue weighted by Gasteiger charge is -2.62. The van der Waals surface area contributed by atoms with E-state index in [4.69, 9.17) is 0 Å². The molecule has 4 atom stereocenters. The van der Waals surface area contributed by atoms with Crippen LogP contribution in [0.15, 0.2) is 42.5 Å². The Morgan fingerprint density at radius 1 is 1.03 bits per heavy atom. The van der Waals surface area contributed by atoms with Gasteiger partial charge in [0.05, 0.1) is 0 Å². The van der Waals surface area contributed by atoms with Crippen LogP contribution in [-0.4, -0.2) is 5.11 Å². The number of benzene rings is 2. The first-order valence-electron chi connectivity index (χ1n) is 11.8. The minimum atomic E-state index is 0.0782. The van der Waals surface area contributed by atoms with Crippen LogP contribution in [0.4, 0.5) is 0 Å². The third kappa shape index (κ3) is 3.08. The molecule has 3 fully saturated rings. The van der Waals surface area contributed by atoms with Crippen molar-refractivity contribution in [3.63, 3.8) is 0 Å². The van der Waals surface area contributed by atoms with E-state index in [2.05, 4.69) is 79.2 Å². The molecule has 2 heteroatoms. The van der Waals surface area contributed by atoms with Gasteiger partial charge in [-0.2, -0.15) is 0 Å². The first-order valence-corrected chi connectivity index (χ1v) is 12.9. The van der Waals surface area contributed by atoms with Crippen molar-refractivity contribution in [3.05, 3.63) is 64.7 Å². The number of hydrogen-bond acceptors (Lipinski definition) is 1. The molecule has 3 aliphatic rings. The minimum absolute atomic E-state index is 0.0782. The Morgan fingerprint density at radius 3 is 2.50 bits per heavy atom. The van der Waals surface area contributed by atoms with Crippen LogP contribution in [0.3, 0.4) is 0 Å². The van der Waals surface area contributed by atoms with Crippen molar-refractivity contribution >= 4 is 15.9 Å². The van der Waals surface area contributed by atoms with E-state index in [1.807, 2.05) is 0 Å². The highest BCUT2D eigenvalue weighted by molar-refractivity contribution is 9.08. The van der Waals surface area contributed by atoms with Gasteiger partial charge in [0, 0.05) is 21.9 Å². The zero-order valence-electron chi connectivity index (χ0n) is 18.7. The standard InChI is InChI=1S/C28H35BrO/c1-26(2,3)23-13-20(17-29)25(30)24(14-23)27-12-11-22-10-9-19(15-27)16-28(22,18-27)21-7-5-4-6-8-21/h4-8,13-14,19,22,30H,9-12,15-18H2,1-3H3. The molecule has 2 aromatic rings. The summed E-state index contributed by atoms with van der Waals surface area (Å²) in [6, 6.07) is 16.0. The van der Waals surface area contributed by atoms with Gasteiger partial charge in [0.2, 0.25) is 0 Å². The summed E-state index contributed by atoms with van der Waals surface area (Å²) < 4.78 is 0. The summed E-state index contributed by atoms with van der Waals surface area (Å²) in [6.07, 6.45) is 9.07. The van der Waals surface area contributed by atoms with Gasteiger partial charge in [0.1, 0.15) is 5.75 Å². The van der Waals surface area contributed by atoms with Crippen molar-refractivity contribution in [3.8, 4) is 5.75 Å². The maximum atomic E-state index is 11.4. The number of hydrogen-bond donors (Lipinski definition) is 1. The first-order chi connectivity index (χ1) is 14.3. The fourth-order valence-electron chi connectivity index (χ4n) is 7.38. The molecule has 3 aliphatic carbocycles. The number of alkyl halides is 1. The topological polar surface area (TPSA) is 20.2 Å². The Bertz CT molecular complexity index is 943. The summed E-state index contributed by atoms with van der Waals surface area (Å²) >= 11 is 3.65. The molecule has 30 heavy (non-hydrogen) atoms. The van der Waals surface area contributed by atoms with Gasteiger partial charge >= 0.3 is 0 Å². The normalized spacial score (nSPS) is 32.9. The fourth-order valence-corrected chi connectivity index (χ4v) is 7.80. The van der Waals surface area contributed by atoms with Crippen LogP contribution in [0.1, 0.15) is 88.0 Å². The molecule has 0 aromatic heterocycles. The summed E-state index contributed by atoms with van der Waals surface area (Å²) in [5, 5.41) is 12.1. The van der Waals surface area contributed by atoms with Gasteiger partial charge in [0.15, 0.2) is 0 Å². The van der Waals surface area contributed by atoms with Gasteiger partial charge in [0.25, 0.3) is 0 Å². The number of aromatic hydroxyl groups is 1. The van der Waals surface area contributed by atoms with E-state index in [1.165, 1.54) is 56.1 Å². The van der Waals surface area contributed by atoms with E-state index in [1.54, 1.807) is 5.56 Å². The molecule has 3 saturated carbocycles. The third-order valence-electron chi connectivity index (χ3n) is 8.78. The highest BCUT2D eigenvalue weighted by atomic mass is 79.9. The highest BCUT2D eigenvalue weighted by Gasteiger charge is 2.59. The maximum Gasteiger partial charge on any atom is 0.123 e. The van der Waals surface area contributed by atoms with Gasteiger partial charge in [-0.25, -0.2) is 0 Å². The summed E-state index contributed by atoms with van der Waals surface area (Å²) in [4.78, 5) is 0. The second-order valence-corrected chi connectivity index (χ2v) is 12.0. The number of fused-ring (bicyclic) bond motifs is 2. The molecule has 4 unspecified atom stereocenters. The lowest BCUT2D eigenvalue weighted by atomic mass is 9.42. The van der Waals surface area contributed by atoms with Crippen LogP contribution in [-0.2, 0) is 21.6 Å². The lowest BCUT2D eigenvalue weighted by Crippen LogP contribution is -2.56. The monoisotopic (exact) mass is 466 g/mol. The molecule has 0 heterocycles. The number of phenolic OH excluding ortho intramolecular Hbond substituents is 1. The van der Waals surface area contributed by atoms with E-state index in [0.29, 0.717) is 16.5 Å². The number of phenols is 1. The molecule has 0 aliphatic heterocycles. The lowest BCUT2D eigenvalue weighted by molar-refractivity contribution is -0.0203. The predicted molar refractivity (Wildman–Crippen MR) is 129 cm³/mol. The average Bonchev–Trinajstić information content (AvgIpc) is 2.72. The SMILES string of the molecule is CC(C)(C)c1cc(CBr)c(O)c(C23CCC4CCC(C2)CC4(c2ccccc2)C3)c1. The molecule has 0 saturated heterocycles. The van der Waals surface area contributed by atoms with Crippen LogP contribution in [0.25, 0.3) is 0 Å². The Balaban J connectivity index is 1.68. The van der Waals surface area contributed by atoms with E-state index in [-0.39, 0.29) is 10.8 Å². The second kappa shape index (κ2) is 7.12.